The smallest absolute Gasteiger partial charge is 0.147 e. The molecule has 1 heterocycles. The monoisotopic (exact) mass is 248 g/mol. The molecule has 1 aromatic heterocycles. The molecular formula is C14H24N4. The first-order valence-corrected chi connectivity index (χ1v) is 6.90. The van der Waals surface area contributed by atoms with Gasteiger partial charge in [0, 0.05) is 32.4 Å². The van der Waals surface area contributed by atoms with E-state index in [1.165, 1.54) is 19.3 Å². The van der Waals surface area contributed by atoms with E-state index in [1.54, 1.807) is 0 Å². The lowest BCUT2D eigenvalue weighted by molar-refractivity contribution is 0.582. The molecule has 0 aliphatic heterocycles. The average Bonchev–Trinajstić information content (AvgIpc) is 3.18. The summed E-state index contributed by atoms with van der Waals surface area (Å²) in [5, 5.41) is 3.47. The normalized spacial score (nSPS) is 15.1. The second kappa shape index (κ2) is 6.14. The molecule has 1 aliphatic rings. The third kappa shape index (κ3) is 4.26. The molecule has 0 bridgehead atoms. The fourth-order valence-corrected chi connectivity index (χ4v) is 1.77. The van der Waals surface area contributed by atoms with E-state index in [9.17, 15) is 0 Å². The van der Waals surface area contributed by atoms with Crippen molar-refractivity contribution < 1.29 is 0 Å². The minimum atomic E-state index is 0.717. The van der Waals surface area contributed by atoms with Crippen molar-refractivity contribution in [1.82, 2.24) is 15.3 Å². The Morgan fingerprint density at radius 2 is 2.17 bits per heavy atom. The number of nitrogens with zero attached hydrogens (tertiary/aromatic N) is 3. The third-order valence-electron chi connectivity index (χ3n) is 3.25. The zero-order valence-corrected chi connectivity index (χ0v) is 11.7. The van der Waals surface area contributed by atoms with E-state index in [0.717, 1.165) is 30.5 Å². The van der Waals surface area contributed by atoms with Crippen LogP contribution in [0.1, 0.15) is 38.8 Å². The maximum Gasteiger partial charge on any atom is 0.147 e. The van der Waals surface area contributed by atoms with Gasteiger partial charge in [0.1, 0.15) is 5.82 Å². The van der Waals surface area contributed by atoms with Crippen LogP contribution in [0.15, 0.2) is 12.4 Å². The van der Waals surface area contributed by atoms with Gasteiger partial charge in [-0.2, -0.15) is 0 Å². The van der Waals surface area contributed by atoms with Crippen molar-refractivity contribution in [2.24, 2.45) is 5.92 Å². The van der Waals surface area contributed by atoms with Crippen molar-refractivity contribution in [1.29, 1.82) is 0 Å². The first-order chi connectivity index (χ1) is 8.65. The van der Waals surface area contributed by atoms with Crippen LogP contribution in [-0.4, -0.2) is 29.6 Å². The van der Waals surface area contributed by atoms with Crippen molar-refractivity contribution in [3.8, 4) is 0 Å². The summed E-state index contributed by atoms with van der Waals surface area (Å²) in [4.78, 5) is 11.1. The van der Waals surface area contributed by atoms with E-state index >= 15 is 0 Å². The fraction of sp³-hybridized carbons (Fsp3) is 0.714. The van der Waals surface area contributed by atoms with E-state index in [-0.39, 0.29) is 0 Å². The first-order valence-electron chi connectivity index (χ1n) is 6.90. The molecule has 4 nitrogen and oxygen atoms in total. The zero-order chi connectivity index (χ0) is 13.0. The van der Waals surface area contributed by atoms with Crippen LogP contribution in [-0.2, 0) is 6.54 Å². The van der Waals surface area contributed by atoms with Crippen LogP contribution in [0, 0.1) is 5.92 Å². The number of nitrogens with one attached hydrogen (secondary N) is 1. The summed E-state index contributed by atoms with van der Waals surface area (Å²) >= 11 is 0. The number of anilines is 1. The summed E-state index contributed by atoms with van der Waals surface area (Å²) in [6.07, 6.45) is 7.50. The molecule has 0 unspecified atom stereocenters. The summed E-state index contributed by atoms with van der Waals surface area (Å²) in [5.74, 6) is 1.70. The molecule has 0 radical (unpaired) electrons. The van der Waals surface area contributed by atoms with E-state index in [4.69, 9.17) is 0 Å². The molecule has 0 saturated heterocycles. The van der Waals surface area contributed by atoms with Crippen LogP contribution >= 0.6 is 0 Å². The van der Waals surface area contributed by atoms with Gasteiger partial charge in [-0.15, -0.1) is 0 Å². The van der Waals surface area contributed by atoms with Crippen molar-refractivity contribution >= 4 is 5.82 Å². The lowest BCUT2D eigenvalue weighted by atomic mass is 10.1. The van der Waals surface area contributed by atoms with Gasteiger partial charge >= 0.3 is 0 Å². The molecule has 0 atom stereocenters. The number of hydrogen-bond acceptors (Lipinski definition) is 4. The second-order valence-corrected chi connectivity index (χ2v) is 5.63. The topological polar surface area (TPSA) is 41.1 Å². The van der Waals surface area contributed by atoms with Gasteiger partial charge in [-0.3, -0.25) is 4.98 Å². The highest BCUT2D eigenvalue weighted by Crippen LogP contribution is 2.19. The minimum Gasteiger partial charge on any atom is -0.358 e. The summed E-state index contributed by atoms with van der Waals surface area (Å²) in [6, 6.07) is 0.717. The molecule has 0 spiro atoms. The minimum absolute atomic E-state index is 0.717. The Bertz CT molecular complexity index is 374. The quantitative estimate of drug-likeness (QED) is 0.803. The lowest BCUT2D eigenvalue weighted by Gasteiger charge is -2.19. The molecular weight excluding hydrogens is 224 g/mol. The Labute approximate surface area is 110 Å². The zero-order valence-electron chi connectivity index (χ0n) is 11.7. The molecule has 1 aromatic rings. The van der Waals surface area contributed by atoms with Crippen LogP contribution in [0.2, 0.25) is 0 Å². The summed E-state index contributed by atoms with van der Waals surface area (Å²) in [6.45, 7) is 6.36. The molecule has 18 heavy (non-hydrogen) atoms. The number of rotatable bonds is 7. The van der Waals surface area contributed by atoms with Gasteiger partial charge in [-0.1, -0.05) is 13.8 Å². The highest BCUT2D eigenvalue weighted by Gasteiger charge is 2.20. The van der Waals surface area contributed by atoms with Crippen molar-refractivity contribution in [3.05, 3.63) is 18.1 Å². The Balaban J connectivity index is 1.88. The number of hydrogen-bond donors (Lipinski definition) is 1. The van der Waals surface area contributed by atoms with Gasteiger partial charge in [0.2, 0.25) is 0 Å². The standard InChI is InChI=1S/C14H24N4/c1-11(2)6-7-18(3)14-10-15-8-13(17-14)9-16-12-4-5-12/h8,10-12,16H,4-7,9H2,1-3H3. The molecule has 1 fully saturated rings. The Morgan fingerprint density at radius 1 is 1.39 bits per heavy atom. The molecule has 1 N–H and O–H groups in total. The largest absolute Gasteiger partial charge is 0.358 e. The predicted octanol–water partition coefficient (Wildman–Crippen LogP) is 2.21. The van der Waals surface area contributed by atoms with E-state index in [0.29, 0.717) is 6.04 Å². The SMILES string of the molecule is CC(C)CCN(C)c1cncc(CNC2CC2)n1. The second-order valence-electron chi connectivity index (χ2n) is 5.63. The van der Waals surface area contributed by atoms with Crippen molar-refractivity contribution in [3.63, 3.8) is 0 Å². The summed E-state index contributed by atoms with van der Waals surface area (Å²) in [5.41, 5.74) is 1.04. The highest BCUT2D eigenvalue weighted by atomic mass is 15.2. The highest BCUT2D eigenvalue weighted by molar-refractivity contribution is 5.34. The Kier molecular flexibility index (Phi) is 4.53. The first kappa shape index (κ1) is 13.3. The van der Waals surface area contributed by atoms with Gasteiger partial charge in [0.15, 0.2) is 0 Å². The predicted molar refractivity (Wildman–Crippen MR) is 74.6 cm³/mol. The average molecular weight is 248 g/mol. The maximum absolute atomic E-state index is 4.65. The summed E-state index contributed by atoms with van der Waals surface area (Å²) < 4.78 is 0. The maximum atomic E-state index is 4.65. The molecule has 1 saturated carbocycles. The molecule has 4 heteroatoms. The molecule has 0 aromatic carbocycles. The van der Waals surface area contributed by atoms with Crippen LogP contribution in [0.4, 0.5) is 5.82 Å². The summed E-state index contributed by atoms with van der Waals surface area (Å²) in [7, 11) is 2.09. The molecule has 1 aliphatic carbocycles. The molecule has 0 amide bonds. The van der Waals surface area contributed by atoms with Gasteiger partial charge in [-0.05, 0) is 25.2 Å². The lowest BCUT2D eigenvalue weighted by Crippen LogP contribution is -2.22. The van der Waals surface area contributed by atoms with E-state index < -0.39 is 0 Å². The molecule has 2 rings (SSSR count). The van der Waals surface area contributed by atoms with Crippen LogP contribution in [0.25, 0.3) is 0 Å². The van der Waals surface area contributed by atoms with Gasteiger partial charge in [0.05, 0.1) is 11.9 Å². The van der Waals surface area contributed by atoms with E-state index in [1.807, 2.05) is 12.4 Å². The van der Waals surface area contributed by atoms with Gasteiger partial charge < -0.3 is 10.2 Å². The van der Waals surface area contributed by atoms with Gasteiger partial charge in [-0.25, -0.2) is 4.98 Å². The van der Waals surface area contributed by atoms with Crippen molar-refractivity contribution in [2.75, 3.05) is 18.5 Å². The third-order valence-corrected chi connectivity index (χ3v) is 3.25. The van der Waals surface area contributed by atoms with Crippen molar-refractivity contribution in [2.45, 2.75) is 45.7 Å². The van der Waals surface area contributed by atoms with Crippen LogP contribution < -0.4 is 10.2 Å². The molecule has 100 valence electrons. The Morgan fingerprint density at radius 3 is 2.83 bits per heavy atom. The van der Waals surface area contributed by atoms with E-state index in [2.05, 4.69) is 41.1 Å². The number of aromatic nitrogens is 2. The van der Waals surface area contributed by atoms with Gasteiger partial charge in [0.25, 0.3) is 0 Å². The van der Waals surface area contributed by atoms with Crippen LogP contribution in [0.3, 0.4) is 0 Å². The van der Waals surface area contributed by atoms with Crippen LogP contribution in [0.5, 0.6) is 0 Å². The fourth-order valence-electron chi connectivity index (χ4n) is 1.77. The Hall–Kier alpha value is -1.16.